The van der Waals surface area contributed by atoms with Crippen LogP contribution in [-0.4, -0.2) is 29.8 Å². The highest BCUT2D eigenvalue weighted by Gasteiger charge is 2.28. The van der Waals surface area contributed by atoms with Crippen LogP contribution < -0.4 is 11.1 Å². The summed E-state index contributed by atoms with van der Waals surface area (Å²) in [5, 5.41) is 10.8. The van der Waals surface area contributed by atoms with Crippen LogP contribution >= 0.6 is 0 Å². The van der Waals surface area contributed by atoms with Gasteiger partial charge >= 0.3 is 6.18 Å². The van der Waals surface area contributed by atoms with E-state index in [0.717, 1.165) is 0 Å². The van der Waals surface area contributed by atoms with Crippen LogP contribution in [0.15, 0.2) is 24.3 Å². The first-order valence-corrected chi connectivity index (χ1v) is 5.16. The predicted octanol–water partition coefficient (Wildman–Crippen LogP) is 0.940. The maximum atomic E-state index is 11.9. The summed E-state index contributed by atoms with van der Waals surface area (Å²) in [6, 6.07) is 4.86. The van der Waals surface area contributed by atoms with E-state index in [1.54, 1.807) is 17.4 Å². The van der Waals surface area contributed by atoms with Crippen molar-refractivity contribution in [3.8, 4) is 5.75 Å². The van der Waals surface area contributed by atoms with Crippen molar-refractivity contribution in [3.05, 3.63) is 29.8 Å². The molecule has 1 rings (SSSR count). The molecule has 1 atom stereocenters. The smallest absolute Gasteiger partial charge is 0.405 e. The lowest BCUT2D eigenvalue weighted by molar-refractivity contribution is -0.139. The maximum Gasteiger partial charge on any atom is 0.405 e. The topological polar surface area (TPSA) is 75.3 Å². The van der Waals surface area contributed by atoms with Crippen molar-refractivity contribution in [3.63, 3.8) is 0 Å². The Balaban J connectivity index is 2.47. The second kappa shape index (κ2) is 5.72. The summed E-state index contributed by atoms with van der Waals surface area (Å²) >= 11 is 0. The molecule has 0 spiro atoms. The van der Waals surface area contributed by atoms with Gasteiger partial charge in [-0.25, -0.2) is 0 Å². The van der Waals surface area contributed by atoms with Crippen LogP contribution in [0, 0.1) is 0 Å². The van der Waals surface area contributed by atoms with E-state index in [1.165, 1.54) is 12.1 Å². The highest BCUT2D eigenvalue weighted by Crippen LogP contribution is 2.13. The number of alkyl halides is 3. The number of amides is 1. The van der Waals surface area contributed by atoms with Gasteiger partial charge < -0.3 is 16.2 Å². The van der Waals surface area contributed by atoms with Crippen LogP contribution in [0.3, 0.4) is 0 Å². The number of phenols is 1. The van der Waals surface area contributed by atoms with Gasteiger partial charge in [0.15, 0.2) is 0 Å². The Morgan fingerprint density at radius 3 is 2.39 bits per heavy atom. The number of nitrogens with two attached hydrogens (primary N) is 1. The largest absolute Gasteiger partial charge is 0.508 e. The number of rotatable bonds is 4. The van der Waals surface area contributed by atoms with Crippen molar-refractivity contribution in [2.75, 3.05) is 6.54 Å². The third-order valence-electron chi connectivity index (χ3n) is 2.19. The van der Waals surface area contributed by atoms with E-state index < -0.39 is 24.7 Å². The van der Waals surface area contributed by atoms with E-state index in [-0.39, 0.29) is 12.2 Å². The number of benzene rings is 1. The molecule has 7 heteroatoms. The molecule has 0 aliphatic rings. The van der Waals surface area contributed by atoms with Crippen LogP contribution in [0.2, 0.25) is 0 Å². The Bertz CT molecular complexity index is 404. The summed E-state index contributed by atoms with van der Waals surface area (Å²) < 4.78 is 35.6. The molecule has 0 saturated heterocycles. The minimum atomic E-state index is -4.45. The lowest BCUT2D eigenvalue weighted by Crippen LogP contribution is -2.45. The summed E-state index contributed by atoms with van der Waals surface area (Å²) in [4.78, 5) is 11.3. The van der Waals surface area contributed by atoms with Gasteiger partial charge in [0.2, 0.25) is 5.91 Å². The van der Waals surface area contributed by atoms with Gasteiger partial charge in [0.05, 0.1) is 6.04 Å². The summed E-state index contributed by atoms with van der Waals surface area (Å²) in [6.07, 6.45) is -4.35. The SMILES string of the molecule is NC(Cc1ccc(O)cc1)C(=O)NCC(F)(F)F. The van der Waals surface area contributed by atoms with Crippen LogP contribution in [-0.2, 0) is 11.2 Å². The minimum absolute atomic E-state index is 0.0637. The Hall–Kier alpha value is -1.76. The van der Waals surface area contributed by atoms with Crippen molar-refractivity contribution < 1.29 is 23.1 Å². The lowest BCUT2D eigenvalue weighted by atomic mass is 10.1. The maximum absolute atomic E-state index is 11.9. The Morgan fingerprint density at radius 1 is 1.33 bits per heavy atom. The van der Waals surface area contributed by atoms with E-state index in [2.05, 4.69) is 0 Å². The molecular weight excluding hydrogens is 249 g/mol. The van der Waals surface area contributed by atoms with E-state index >= 15 is 0 Å². The zero-order valence-corrected chi connectivity index (χ0v) is 9.37. The van der Waals surface area contributed by atoms with Gasteiger partial charge in [0, 0.05) is 0 Å². The van der Waals surface area contributed by atoms with E-state index in [9.17, 15) is 18.0 Å². The molecule has 0 saturated carbocycles. The molecular formula is C11H13F3N2O2. The van der Waals surface area contributed by atoms with Gasteiger partial charge in [0.1, 0.15) is 12.3 Å². The monoisotopic (exact) mass is 262 g/mol. The summed E-state index contributed by atoms with van der Waals surface area (Å²) in [5.41, 5.74) is 6.13. The van der Waals surface area contributed by atoms with Gasteiger partial charge in [0.25, 0.3) is 0 Å². The molecule has 0 radical (unpaired) electrons. The summed E-state index contributed by atoms with van der Waals surface area (Å²) in [7, 11) is 0. The quantitative estimate of drug-likeness (QED) is 0.756. The molecule has 4 nitrogen and oxygen atoms in total. The fraction of sp³-hybridized carbons (Fsp3) is 0.364. The van der Waals surface area contributed by atoms with Crippen LogP contribution in [0.5, 0.6) is 5.75 Å². The second-order valence-corrected chi connectivity index (χ2v) is 3.81. The summed E-state index contributed by atoms with van der Waals surface area (Å²) in [6.45, 7) is -1.39. The lowest BCUT2D eigenvalue weighted by Gasteiger charge is -2.13. The van der Waals surface area contributed by atoms with Crippen LogP contribution in [0.4, 0.5) is 13.2 Å². The van der Waals surface area contributed by atoms with Gasteiger partial charge in [-0.2, -0.15) is 13.2 Å². The second-order valence-electron chi connectivity index (χ2n) is 3.81. The first kappa shape index (κ1) is 14.3. The number of carbonyl (C=O) groups is 1. The van der Waals surface area contributed by atoms with Crippen LogP contribution in [0.25, 0.3) is 0 Å². The average molecular weight is 262 g/mol. The number of halogens is 3. The molecule has 0 heterocycles. The number of hydrogen-bond donors (Lipinski definition) is 3. The van der Waals surface area contributed by atoms with Crippen molar-refractivity contribution in [2.24, 2.45) is 5.73 Å². The summed E-state index contributed by atoms with van der Waals surface area (Å²) in [5.74, 6) is -0.797. The van der Waals surface area contributed by atoms with Gasteiger partial charge in [-0.3, -0.25) is 4.79 Å². The first-order valence-electron chi connectivity index (χ1n) is 5.16. The van der Waals surface area contributed by atoms with Gasteiger partial charge in [-0.1, -0.05) is 12.1 Å². The van der Waals surface area contributed by atoms with E-state index in [0.29, 0.717) is 5.56 Å². The van der Waals surface area contributed by atoms with Crippen molar-refractivity contribution >= 4 is 5.91 Å². The van der Waals surface area contributed by atoms with Crippen molar-refractivity contribution in [1.29, 1.82) is 0 Å². The van der Waals surface area contributed by atoms with Gasteiger partial charge in [-0.15, -0.1) is 0 Å². The number of carbonyl (C=O) groups excluding carboxylic acids is 1. The third kappa shape index (κ3) is 5.05. The molecule has 1 aromatic rings. The van der Waals surface area contributed by atoms with Crippen molar-refractivity contribution in [2.45, 2.75) is 18.6 Å². The fourth-order valence-corrected chi connectivity index (χ4v) is 1.30. The average Bonchev–Trinajstić information content (AvgIpc) is 2.28. The Morgan fingerprint density at radius 2 is 1.89 bits per heavy atom. The molecule has 0 bridgehead atoms. The Labute approximate surface area is 102 Å². The molecule has 0 fully saturated rings. The molecule has 0 aliphatic heterocycles. The molecule has 1 amide bonds. The third-order valence-corrected chi connectivity index (χ3v) is 2.19. The Kier molecular flexibility index (Phi) is 4.55. The van der Waals surface area contributed by atoms with Gasteiger partial charge in [-0.05, 0) is 24.1 Å². The molecule has 1 aromatic carbocycles. The zero-order valence-electron chi connectivity index (χ0n) is 9.37. The highest BCUT2D eigenvalue weighted by molar-refractivity contribution is 5.81. The number of hydrogen-bond acceptors (Lipinski definition) is 3. The zero-order chi connectivity index (χ0) is 13.8. The number of aromatic hydroxyl groups is 1. The van der Waals surface area contributed by atoms with E-state index in [4.69, 9.17) is 10.8 Å². The molecule has 0 aromatic heterocycles. The minimum Gasteiger partial charge on any atom is -0.508 e. The predicted molar refractivity (Wildman–Crippen MR) is 58.9 cm³/mol. The fourth-order valence-electron chi connectivity index (χ4n) is 1.30. The first-order chi connectivity index (χ1) is 8.28. The molecule has 18 heavy (non-hydrogen) atoms. The molecule has 0 aliphatic carbocycles. The van der Waals surface area contributed by atoms with Crippen molar-refractivity contribution in [1.82, 2.24) is 5.32 Å². The highest BCUT2D eigenvalue weighted by atomic mass is 19.4. The number of nitrogens with one attached hydrogen (secondary N) is 1. The van der Waals surface area contributed by atoms with Crippen LogP contribution in [0.1, 0.15) is 5.56 Å². The van der Waals surface area contributed by atoms with E-state index in [1.807, 2.05) is 0 Å². The standard InChI is InChI=1S/C11H13F3N2O2/c12-11(13,14)6-16-10(18)9(15)5-7-1-3-8(17)4-2-7/h1-4,9,17H,5-6,15H2,(H,16,18). The number of phenolic OH excluding ortho intramolecular Hbond substituents is 1. The molecule has 100 valence electrons. The molecule has 4 N–H and O–H groups in total. The normalized spacial score (nSPS) is 13.1. The molecule has 1 unspecified atom stereocenters.